The Hall–Kier alpha value is -1.13. The molecule has 0 aromatic carbocycles. The van der Waals surface area contributed by atoms with Crippen LogP contribution in [0.4, 0.5) is 4.79 Å². The van der Waals surface area contributed by atoms with E-state index in [4.69, 9.17) is 5.11 Å². The van der Waals surface area contributed by atoms with Crippen molar-refractivity contribution in [1.82, 2.24) is 5.01 Å². The summed E-state index contributed by atoms with van der Waals surface area (Å²) in [7, 11) is 0. The molecule has 1 aliphatic rings. The monoisotopic (exact) mass is 186 g/mol. The number of hydrogen-bond acceptors (Lipinski definition) is 3. The van der Waals surface area contributed by atoms with Gasteiger partial charge in [-0.1, -0.05) is 20.8 Å². The maximum atomic E-state index is 10.7. The highest BCUT2D eigenvalue weighted by molar-refractivity contribution is 5.66. The Bertz CT molecular complexity index is 240. The molecule has 1 rings (SSSR count). The van der Waals surface area contributed by atoms with Gasteiger partial charge in [0.15, 0.2) is 0 Å². The molecule has 0 radical (unpaired) electrons. The first-order valence-electron chi connectivity index (χ1n) is 4.21. The van der Waals surface area contributed by atoms with E-state index in [-0.39, 0.29) is 5.41 Å². The largest absolute Gasteiger partial charge is 0.464 e. The van der Waals surface area contributed by atoms with Gasteiger partial charge in [0, 0.05) is 0 Å². The van der Waals surface area contributed by atoms with E-state index in [1.54, 1.807) is 0 Å². The van der Waals surface area contributed by atoms with Gasteiger partial charge in [0.2, 0.25) is 0 Å². The Labute approximate surface area is 76.7 Å². The summed E-state index contributed by atoms with van der Waals surface area (Å²) < 4.78 is 0. The molecule has 5 nitrogen and oxygen atoms in total. The summed E-state index contributed by atoms with van der Waals surface area (Å²) in [5.74, 6) is 0. The minimum Gasteiger partial charge on any atom is -0.464 e. The van der Waals surface area contributed by atoms with Gasteiger partial charge in [-0.05, 0) is 18.3 Å². The van der Waals surface area contributed by atoms with Gasteiger partial charge in [-0.2, -0.15) is 5.01 Å². The van der Waals surface area contributed by atoms with Crippen LogP contribution in [-0.4, -0.2) is 21.7 Å². The van der Waals surface area contributed by atoms with Crippen LogP contribution in [0.2, 0.25) is 0 Å². The topological polar surface area (TPSA) is 70.0 Å². The SMILES string of the molecule is CC(C)(C)C1(N(N=O)C(=O)O)CC1. The molecule has 0 unspecified atom stereocenters. The van der Waals surface area contributed by atoms with Gasteiger partial charge in [-0.25, -0.2) is 4.79 Å². The Morgan fingerprint density at radius 2 is 1.92 bits per heavy atom. The van der Waals surface area contributed by atoms with E-state index in [0.29, 0.717) is 17.9 Å². The Kier molecular flexibility index (Phi) is 2.05. The standard InChI is InChI=1S/C8H14N2O3/c1-7(2,3)8(4-5-8)10(9-13)6(11)12/h4-5H2,1-3H3,(H,11,12). The third-order valence-corrected chi connectivity index (χ3v) is 2.79. The quantitative estimate of drug-likeness (QED) is 0.531. The van der Waals surface area contributed by atoms with Crippen molar-refractivity contribution in [3.63, 3.8) is 0 Å². The minimum atomic E-state index is -1.26. The second-order valence-electron chi connectivity index (χ2n) is 4.46. The van der Waals surface area contributed by atoms with Gasteiger partial charge in [-0.3, -0.25) is 0 Å². The predicted octanol–water partition coefficient (Wildman–Crippen LogP) is 2.23. The number of amides is 1. The number of rotatable bonds is 2. The third-order valence-electron chi connectivity index (χ3n) is 2.79. The lowest BCUT2D eigenvalue weighted by molar-refractivity contribution is 0.0687. The Morgan fingerprint density at radius 3 is 2.00 bits per heavy atom. The number of hydrogen-bond donors (Lipinski definition) is 1. The molecule has 1 aliphatic carbocycles. The molecule has 74 valence electrons. The lowest BCUT2D eigenvalue weighted by Gasteiger charge is -2.34. The summed E-state index contributed by atoms with van der Waals surface area (Å²) in [6.45, 7) is 5.75. The average molecular weight is 186 g/mol. The lowest BCUT2D eigenvalue weighted by atomic mass is 9.84. The van der Waals surface area contributed by atoms with Gasteiger partial charge >= 0.3 is 6.09 Å². The van der Waals surface area contributed by atoms with Gasteiger partial charge in [0.25, 0.3) is 0 Å². The summed E-state index contributed by atoms with van der Waals surface area (Å²) in [6, 6.07) is 0. The van der Waals surface area contributed by atoms with Crippen molar-refractivity contribution in [2.75, 3.05) is 0 Å². The first kappa shape index (κ1) is 9.95. The molecular formula is C8H14N2O3. The molecule has 1 saturated carbocycles. The first-order chi connectivity index (χ1) is 5.85. The number of carboxylic acid groups (broad SMARTS) is 1. The summed E-state index contributed by atoms with van der Waals surface area (Å²) in [5, 5.41) is 12.0. The minimum absolute atomic E-state index is 0.237. The van der Waals surface area contributed by atoms with Crippen LogP contribution in [0.3, 0.4) is 0 Å². The highest BCUT2D eigenvalue weighted by Gasteiger charge is 2.59. The highest BCUT2D eigenvalue weighted by atomic mass is 16.4. The molecule has 0 bridgehead atoms. The van der Waals surface area contributed by atoms with Crippen molar-refractivity contribution in [2.24, 2.45) is 10.7 Å². The molecule has 1 amide bonds. The molecule has 0 heterocycles. The summed E-state index contributed by atoms with van der Waals surface area (Å²) in [6.07, 6.45) is 0.172. The molecular weight excluding hydrogens is 172 g/mol. The van der Waals surface area contributed by atoms with Crippen LogP contribution in [0.1, 0.15) is 33.6 Å². The fourth-order valence-corrected chi connectivity index (χ4v) is 1.69. The molecule has 0 spiro atoms. The summed E-state index contributed by atoms with van der Waals surface area (Å²) >= 11 is 0. The second kappa shape index (κ2) is 2.68. The molecule has 0 atom stereocenters. The van der Waals surface area contributed by atoms with E-state index < -0.39 is 11.6 Å². The fraction of sp³-hybridized carbons (Fsp3) is 0.875. The molecule has 0 aromatic heterocycles. The van der Waals surface area contributed by atoms with Crippen molar-refractivity contribution in [3.8, 4) is 0 Å². The van der Waals surface area contributed by atoms with E-state index in [1.807, 2.05) is 20.8 Å². The second-order valence-corrected chi connectivity index (χ2v) is 4.46. The van der Waals surface area contributed by atoms with Crippen LogP contribution in [0.15, 0.2) is 5.29 Å². The van der Waals surface area contributed by atoms with Crippen LogP contribution >= 0.6 is 0 Å². The molecule has 1 N–H and O–H groups in total. The maximum absolute atomic E-state index is 10.7. The Balaban J connectivity index is 2.92. The van der Waals surface area contributed by atoms with Crippen LogP contribution in [-0.2, 0) is 0 Å². The first-order valence-corrected chi connectivity index (χ1v) is 4.21. The number of nitroso groups, excluding NO2 is 1. The van der Waals surface area contributed by atoms with E-state index in [9.17, 15) is 9.70 Å². The molecule has 0 aromatic rings. The molecule has 1 fully saturated rings. The fourth-order valence-electron chi connectivity index (χ4n) is 1.69. The van der Waals surface area contributed by atoms with E-state index in [1.165, 1.54) is 0 Å². The summed E-state index contributed by atoms with van der Waals surface area (Å²) in [4.78, 5) is 21.1. The van der Waals surface area contributed by atoms with E-state index in [2.05, 4.69) is 5.29 Å². The zero-order valence-electron chi connectivity index (χ0n) is 8.07. The van der Waals surface area contributed by atoms with E-state index in [0.717, 1.165) is 0 Å². The van der Waals surface area contributed by atoms with Gasteiger partial charge in [0.05, 0.1) is 10.8 Å². The third kappa shape index (κ3) is 1.38. The molecule has 5 heteroatoms. The number of carbonyl (C=O) groups is 1. The van der Waals surface area contributed by atoms with Crippen molar-refractivity contribution >= 4 is 6.09 Å². The lowest BCUT2D eigenvalue weighted by Crippen LogP contribution is -2.45. The highest BCUT2D eigenvalue weighted by Crippen LogP contribution is 2.54. The van der Waals surface area contributed by atoms with Gasteiger partial charge < -0.3 is 5.11 Å². The zero-order valence-corrected chi connectivity index (χ0v) is 8.07. The smallest absolute Gasteiger partial charge is 0.431 e. The van der Waals surface area contributed by atoms with Gasteiger partial charge in [0.1, 0.15) is 0 Å². The van der Waals surface area contributed by atoms with Gasteiger partial charge in [-0.15, -0.1) is 4.91 Å². The predicted molar refractivity (Wildman–Crippen MR) is 47.1 cm³/mol. The van der Waals surface area contributed by atoms with Crippen LogP contribution in [0, 0.1) is 10.3 Å². The van der Waals surface area contributed by atoms with Crippen molar-refractivity contribution < 1.29 is 9.90 Å². The summed E-state index contributed by atoms with van der Waals surface area (Å²) in [5.41, 5.74) is -0.806. The maximum Gasteiger partial charge on any atom is 0.431 e. The van der Waals surface area contributed by atoms with Crippen molar-refractivity contribution in [3.05, 3.63) is 4.91 Å². The number of nitrogens with zero attached hydrogens (tertiary/aromatic N) is 2. The Morgan fingerprint density at radius 1 is 1.46 bits per heavy atom. The molecule has 0 saturated heterocycles. The van der Waals surface area contributed by atoms with Crippen LogP contribution < -0.4 is 0 Å². The van der Waals surface area contributed by atoms with Crippen LogP contribution in [0.5, 0.6) is 0 Å². The van der Waals surface area contributed by atoms with Crippen molar-refractivity contribution in [1.29, 1.82) is 0 Å². The average Bonchev–Trinajstić information content (AvgIpc) is 2.67. The van der Waals surface area contributed by atoms with Crippen LogP contribution in [0.25, 0.3) is 0 Å². The van der Waals surface area contributed by atoms with E-state index >= 15 is 0 Å². The van der Waals surface area contributed by atoms with Crippen molar-refractivity contribution in [2.45, 2.75) is 39.2 Å². The molecule has 0 aliphatic heterocycles. The normalized spacial score (nSPS) is 19.3. The zero-order chi connectivity index (χ0) is 10.3. The molecule has 13 heavy (non-hydrogen) atoms.